The monoisotopic (exact) mass is 340 g/mol. The van der Waals surface area contributed by atoms with Crippen LogP contribution in [-0.2, 0) is 11.2 Å². The minimum atomic E-state index is -0.966. The first-order valence-corrected chi connectivity index (χ1v) is 8.33. The lowest BCUT2D eigenvalue weighted by Gasteiger charge is -2.14. The Bertz CT molecular complexity index is 758. The van der Waals surface area contributed by atoms with Crippen LogP contribution in [0.25, 0.3) is 11.6 Å². The standard InChI is InChI=1S/C21H24O4/c1-5-15-6-9-17(10-7-15)18(21(22)23)12-16-8-11-19(24-4)20(13-16)25-14(2)3/h6-14H,5H2,1-4H3,(H,22,23)/b18-12-. The topological polar surface area (TPSA) is 55.8 Å². The molecule has 0 saturated heterocycles. The molecule has 1 N–H and O–H groups in total. The van der Waals surface area contributed by atoms with Gasteiger partial charge >= 0.3 is 5.97 Å². The van der Waals surface area contributed by atoms with Gasteiger partial charge in [-0.2, -0.15) is 0 Å². The molecule has 0 aliphatic rings. The molecular weight excluding hydrogens is 316 g/mol. The summed E-state index contributed by atoms with van der Waals surface area (Å²) >= 11 is 0. The third-order valence-electron chi connectivity index (χ3n) is 3.76. The fourth-order valence-electron chi connectivity index (χ4n) is 2.48. The van der Waals surface area contributed by atoms with Crippen LogP contribution in [-0.4, -0.2) is 24.3 Å². The summed E-state index contributed by atoms with van der Waals surface area (Å²) in [5.74, 6) is 0.249. The van der Waals surface area contributed by atoms with E-state index in [0.29, 0.717) is 17.1 Å². The Kier molecular flexibility index (Phi) is 6.23. The second-order valence-electron chi connectivity index (χ2n) is 5.99. The molecule has 4 heteroatoms. The number of aliphatic carboxylic acids is 1. The number of carbonyl (C=O) groups is 1. The maximum Gasteiger partial charge on any atom is 0.336 e. The lowest BCUT2D eigenvalue weighted by Crippen LogP contribution is -2.07. The molecule has 4 nitrogen and oxygen atoms in total. The summed E-state index contributed by atoms with van der Waals surface area (Å²) in [5, 5.41) is 9.61. The van der Waals surface area contributed by atoms with Crippen molar-refractivity contribution < 1.29 is 19.4 Å². The molecule has 0 atom stereocenters. The molecule has 2 aromatic carbocycles. The molecule has 0 amide bonds. The molecule has 2 aromatic rings. The predicted octanol–water partition coefficient (Wildman–Crippen LogP) is 4.67. The molecule has 0 aromatic heterocycles. The molecule has 132 valence electrons. The molecule has 0 radical (unpaired) electrons. The van der Waals surface area contributed by atoms with Gasteiger partial charge in [-0.3, -0.25) is 0 Å². The zero-order valence-electron chi connectivity index (χ0n) is 15.1. The van der Waals surface area contributed by atoms with Crippen molar-refractivity contribution in [1.82, 2.24) is 0 Å². The van der Waals surface area contributed by atoms with E-state index in [-0.39, 0.29) is 11.7 Å². The first-order valence-electron chi connectivity index (χ1n) is 8.33. The summed E-state index contributed by atoms with van der Waals surface area (Å²) in [5.41, 5.74) is 2.83. The number of hydrogen-bond donors (Lipinski definition) is 1. The molecule has 0 spiro atoms. The number of rotatable bonds is 7. The number of carboxylic acid groups (broad SMARTS) is 1. The van der Waals surface area contributed by atoms with Crippen LogP contribution in [0.3, 0.4) is 0 Å². The van der Waals surface area contributed by atoms with Crippen LogP contribution >= 0.6 is 0 Å². The van der Waals surface area contributed by atoms with Gasteiger partial charge in [0, 0.05) is 0 Å². The number of carboxylic acids is 1. The van der Waals surface area contributed by atoms with E-state index < -0.39 is 5.97 Å². The van der Waals surface area contributed by atoms with E-state index in [9.17, 15) is 9.90 Å². The van der Waals surface area contributed by atoms with Crippen molar-refractivity contribution >= 4 is 17.6 Å². The van der Waals surface area contributed by atoms with E-state index in [2.05, 4.69) is 6.92 Å². The summed E-state index contributed by atoms with van der Waals surface area (Å²) in [7, 11) is 1.58. The van der Waals surface area contributed by atoms with Crippen molar-refractivity contribution in [2.45, 2.75) is 33.3 Å². The van der Waals surface area contributed by atoms with Gasteiger partial charge in [0.05, 0.1) is 18.8 Å². The highest BCUT2D eigenvalue weighted by Gasteiger charge is 2.12. The molecule has 25 heavy (non-hydrogen) atoms. The lowest BCUT2D eigenvalue weighted by atomic mass is 10.0. The molecular formula is C21H24O4. The Morgan fingerprint density at radius 3 is 2.32 bits per heavy atom. The van der Waals surface area contributed by atoms with E-state index in [1.165, 1.54) is 5.56 Å². The van der Waals surface area contributed by atoms with E-state index >= 15 is 0 Å². The van der Waals surface area contributed by atoms with Crippen LogP contribution in [0.2, 0.25) is 0 Å². The summed E-state index contributed by atoms with van der Waals surface area (Å²) < 4.78 is 11.1. The summed E-state index contributed by atoms with van der Waals surface area (Å²) in [6, 6.07) is 13.0. The first-order chi connectivity index (χ1) is 11.9. The maximum atomic E-state index is 11.7. The highest BCUT2D eigenvalue weighted by atomic mass is 16.5. The Morgan fingerprint density at radius 1 is 1.12 bits per heavy atom. The Morgan fingerprint density at radius 2 is 1.80 bits per heavy atom. The van der Waals surface area contributed by atoms with E-state index in [4.69, 9.17) is 9.47 Å². The van der Waals surface area contributed by atoms with Crippen LogP contribution in [0.1, 0.15) is 37.5 Å². The second kappa shape index (κ2) is 8.38. The van der Waals surface area contributed by atoms with Gasteiger partial charge in [-0.25, -0.2) is 4.79 Å². The van der Waals surface area contributed by atoms with Crippen molar-refractivity contribution in [2.75, 3.05) is 7.11 Å². The second-order valence-corrected chi connectivity index (χ2v) is 5.99. The highest BCUT2D eigenvalue weighted by molar-refractivity contribution is 6.20. The minimum Gasteiger partial charge on any atom is -0.493 e. The highest BCUT2D eigenvalue weighted by Crippen LogP contribution is 2.30. The van der Waals surface area contributed by atoms with Crippen LogP contribution in [0, 0.1) is 0 Å². The lowest BCUT2D eigenvalue weighted by molar-refractivity contribution is -0.130. The van der Waals surface area contributed by atoms with Crippen molar-refractivity contribution in [3.05, 3.63) is 59.2 Å². The van der Waals surface area contributed by atoms with Gasteiger partial charge in [0.2, 0.25) is 0 Å². The minimum absolute atomic E-state index is 0.00587. The Balaban J connectivity index is 2.44. The van der Waals surface area contributed by atoms with Gasteiger partial charge in [-0.05, 0) is 55.2 Å². The molecule has 0 unspecified atom stereocenters. The number of ether oxygens (including phenoxy) is 2. The normalized spacial score (nSPS) is 11.5. The van der Waals surface area contributed by atoms with Crippen molar-refractivity contribution in [3.8, 4) is 11.5 Å². The maximum absolute atomic E-state index is 11.7. The van der Waals surface area contributed by atoms with Gasteiger partial charge in [0.15, 0.2) is 11.5 Å². The van der Waals surface area contributed by atoms with Gasteiger partial charge in [-0.15, -0.1) is 0 Å². The molecule has 0 saturated carbocycles. The SMILES string of the molecule is CCc1ccc(/C(=C/c2ccc(OC)c(OC(C)C)c2)C(=O)O)cc1. The first kappa shape index (κ1) is 18.6. The summed E-state index contributed by atoms with van der Waals surface area (Å²) in [6.45, 7) is 5.93. The van der Waals surface area contributed by atoms with Gasteiger partial charge < -0.3 is 14.6 Å². The quantitative estimate of drug-likeness (QED) is 0.588. The van der Waals surface area contributed by atoms with E-state index in [0.717, 1.165) is 12.0 Å². The number of methoxy groups -OCH3 is 1. The average Bonchev–Trinajstić information content (AvgIpc) is 2.59. The van der Waals surface area contributed by atoms with Crippen LogP contribution < -0.4 is 9.47 Å². The molecule has 2 rings (SSSR count). The number of aryl methyl sites for hydroxylation is 1. The Labute approximate surface area is 148 Å². The fraction of sp³-hybridized carbons (Fsp3) is 0.286. The van der Waals surface area contributed by atoms with Gasteiger partial charge in [0.25, 0.3) is 0 Å². The van der Waals surface area contributed by atoms with Crippen LogP contribution in [0.4, 0.5) is 0 Å². The predicted molar refractivity (Wildman–Crippen MR) is 100 cm³/mol. The van der Waals surface area contributed by atoms with Crippen molar-refractivity contribution in [3.63, 3.8) is 0 Å². The Hall–Kier alpha value is -2.75. The summed E-state index contributed by atoms with van der Waals surface area (Å²) in [6.07, 6.45) is 2.56. The molecule has 0 fully saturated rings. The number of benzene rings is 2. The van der Waals surface area contributed by atoms with Gasteiger partial charge in [0.1, 0.15) is 0 Å². The van der Waals surface area contributed by atoms with Crippen LogP contribution in [0.15, 0.2) is 42.5 Å². The molecule has 0 bridgehead atoms. The number of hydrogen-bond acceptors (Lipinski definition) is 3. The third kappa shape index (κ3) is 4.86. The van der Waals surface area contributed by atoms with E-state index in [1.807, 2.05) is 44.2 Å². The smallest absolute Gasteiger partial charge is 0.336 e. The zero-order chi connectivity index (χ0) is 18.4. The molecule has 0 heterocycles. The third-order valence-corrected chi connectivity index (χ3v) is 3.76. The fourth-order valence-corrected chi connectivity index (χ4v) is 2.48. The van der Waals surface area contributed by atoms with E-state index in [1.54, 1.807) is 25.3 Å². The van der Waals surface area contributed by atoms with Gasteiger partial charge in [-0.1, -0.05) is 37.3 Å². The van der Waals surface area contributed by atoms with Crippen molar-refractivity contribution in [1.29, 1.82) is 0 Å². The average molecular weight is 340 g/mol. The van der Waals surface area contributed by atoms with Crippen molar-refractivity contribution in [2.24, 2.45) is 0 Å². The zero-order valence-corrected chi connectivity index (χ0v) is 15.1. The largest absolute Gasteiger partial charge is 0.493 e. The summed E-state index contributed by atoms with van der Waals surface area (Å²) in [4.78, 5) is 11.7. The molecule has 0 aliphatic carbocycles. The van der Waals surface area contributed by atoms with Crippen LogP contribution in [0.5, 0.6) is 11.5 Å². The molecule has 0 aliphatic heterocycles.